The molecule has 0 fully saturated rings. The normalized spacial score (nSPS) is 10.6. The third-order valence-electron chi connectivity index (χ3n) is 6.75. The second-order valence-corrected chi connectivity index (χ2v) is 9.17. The van der Waals surface area contributed by atoms with Crippen LogP contribution in [0.2, 0.25) is 0 Å². The minimum Gasteiger partial charge on any atom is -0.495 e. The Bertz CT molecular complexity index is 1500. The first-order valence-electron chi connectivity index (χ1n) is 12.7. The minimum atomic E-state index is 0.788. The zero-order valence-corrected chi connectivity index (χ0v) is 22.3. The molecule has 4 nitrogen and oxygen atoms in total. The molecule has 38 heavy (non-hydrogen) atoms. The molecule has 0 atom stereocenters. The van der Waals surface area contributed by atoms with E-state index in [1.54, 1.807) is 14.2 Å². The number of para-hydroxylation sites is 2. The summed E-state index contributed by atoms with van der Waals surface area (Å²) in [7, 11) is 5.48. The maximum atomic E-state index is 5.95. The van der Waals surface area contributed by atoms with E-state index in [1.165, 1.54) is 5.56 Å². The Morgan fingerprint density at radius 3 is 1.53 bits per heavy atom. The Morgan fingerprint density at radius 2 is 0.974 bits per heavy atom. The molecule has 0 heterocycles. The molecule has 5 aromatic carbocycles. The Labute approximate surface area is 225 Å². The van der Waals surface area contributed by atoms with E-state index in [1.807, 2.05) is 31.3 Å². The van der Waals surface area contributed by atoms with Gasteiger partial charge in [-0.25, -0.2) is 0 Å². The molecule has 0 spiro atoms. The molecule has 190 valence electrons. The Hall–Kier alpha value is -4.70. The highest BCUT2D eigenvalue weighted by Crippen LogP contribution is 2.43. The summed E-state index contributed by atoms with van der Waals surface area (Å²) < 4.78 is 11.8. The van der Waals surface area contributed by atoms with Crippen molar-refractivity contribution in [3.63, 3.8) is 0 Å². The highest BCUT2D eigenvalue weighted by molar-refractivity contribution is 5.83. The van der Waals surface area contributed by atoms with Crippen molar-refractivity contribution in [3.05, 3.63) is 127 Å². The van der Waals surface area contributed by atoms with Gasteiger partial charge in [0.15, 0.2) is 0 Å². The third-order valence-corrected chi connectivity index (χ3v) is 6.75. The Morgan fingerprint density at radius 1 is 0.500 bits per heavy atom. The van der Waals surface area contributed by atoms with E-state index >= 15 is 0 Å². The van der Waals surface area contributed by atoms with E-state index < -0.39 is 0 Å². The number of benzene rings is 5. The smallest absolute Gasteiger partial charge is 0.143 e. The van der Waals surface area contributed by atoms with Crippen molar-refractivity contribution < 1.29 is 9.47 Å². The monoisotopic (exact) mass is 500 g/mol. The van der Waals surface area contributed by atoms with Crippen LogP contribution in [0.25, 0.3) is 11.1 Å². The SMILES string of the molecule is COc1cc(-c2ccc(N(c3ccccc3)c3ccc(C)cc3)c(OC)c2)ccc1N(C)c1ccccc1. The van der Waals surface area contributed by atoms with E-state index in [9.17, 15) is 0 Å². The van der Waals surface area contributed by atoms with E-state index in [4.69, 9.17) is 9.47 Å². The second kappa shape index (κ2) is 11.1. The van der Waals surface area contributed by atoms with Gasteiger partial charge in [0.05, 0.1) is 25.6 Å². The topological polar surface area (TPSA) is 24.9 Å². The molecule has 0 saturated heterocycles. The molecule has 0 aliphatic carbocycles. The molecule has 0 aliphatic rings. The Balaban J connectivity index is 1.55. The minimum absolute atomic E-state index is 0.788. The first-order valence-corrected chi connectivity index (χ1v) is 12.7. The van der Waals surface area contributed by atoms with Gasteiger partial charge in [0, 0.05) is 24.1 Å². The summed E-state index contributed by atoms with van der Waals surface area (Å²) in [6.07, 6.45) is 0. The van der Waals surface area contributed by atoms with E-state index in [0.717, 1.165) is 51.1 Å². The maximum Gasteiger partial charge on any atom is 0.143 e. The summed E-state index contributed by atoms with van der Waals surface area (Å²) in [5.74, 6) is 1.60. The van der Waals surface area contributed by atoms with Crippen molar-refractivity contribution in [2.45, 2.75) is 6.92 Å². The quantitative estimate of drug-likeness (QED) is 0.212. The van der Waals surface area contributed by atoms with E-state index in [2.05, 4.69) is 114 Å². The fourth-order valence-corrected chi connectivity index (χ4v) is 4.67. The maximum absolute atomic E-state index is 5.95. The van der Waals surface area contributed by atoms with Crippen molar-refractivity contribution in [2.24, 2.45) is 0 Å². The van der Waals surface area contributed by atoms with Crippen LogP contribution in [0.5, 0.6) is 11.5 Å². The molecule has 0 aromatic heterocycles. The van der Waals surface area contributed by atoms with Crippen LogP contribution < -0.4 is 19.3 Å². The van der Waals surface area contributed by atoms with Gasteiger partial charge >= 0.3 is 0 Å². The van der Waals surface area contributed by atoms with Gasteiger partial charge in [0.2, 0.25) is 0 Å². The molecule has 0 amide bonds. The summed E-state index contributed by atoms with van der Waals surface area (Å²) in [5.41, 5.74) is 8.54. The summed E-state index contributed by atoms with van der Waals surface area (Å²) >= 11 is 0. The van der Waals surface area contributed by atoms with Crippen LogP contribution in [0.1, 0.15) is 5.56 Å². The van der Waals surface area contributed by atoms with Crippen LogP contribution in [0.4, 0.5) is 28.4 Å². The van der Waals surface area contributed by atoms with Gasteiger partial charge in [-0.1, -0.05) is 66.2 Å². The van der Waals surface area contributed by atoms with Gasteiger partial charge in [-0.15, -0.1) is 0 Å². The van der Waals surface area contributed by atoms with E-state index in [-0.39, 0.29) is 0 Å². The lowest BCUT2D eigenvalue weighted by molar-refractivity contribution is 0.415. The van der Waals surface area contributed by atoms with Crippen molar-refractivity contribution >= 4 is 28.4 Å². The molecule has 0 saturated carbocycles. The van der Waals surface area contributed by atoms with Gasteiger partial charge in [-0.3, -0.25) is 0 Å². The number of anilines is 5. The summed E-state index contributed by atoms with van der Waals surface area (Å²) in [6, 6.07) is 41.8. The van der Waals surface area contributed by atoms with Gasteiger partial charge in [-0.05, 0) is 78.7 Å². The molecule has 5 rings (SSSR count). The number of methoxy groups -OCH3 is 2. The number of hydrogen-bond donors (Lipinski definition) is 0. The molecule has 0 unspecified atom stereocenters. The van der Waals surface area contributed by atoms with Crippen molar-refractivity contribution in [1.29, 1.82) is 0 Å². The number of nitrogens with zero attached hydrogens (tertiary/aromatic N) is 2. The number of rotatable bonds is 8. The molecule has 4 heteroatoms. The lowest BCUT2D eigenvalue weighted by Crippen LogP contribution is -2.11. The highest BCUT2D eigenvalue weighted by Gasteiger charge is 2.18. The molecule has 5 aromatic rings. The summed E-state index contributed by atoms with van der Waals surface area (Å²) in [4.78, 5) is 4.35. The Kier molecular flexibility index (Phi) is 7.32. The lowest BCUT2D eigenvalue weighted by Gasteiger charge is -2.27. The molecule has 0 radical (unpaired) electrons. The highest BCUT2D eigenvalue weighted by atomic mass is 16.5. The zero-order valence-electron chi connectivity index (χ0n) is 22.3. The fourth-order valence-electron chi connectivity index (χ4n) is 4.67. The van der Waals surface area contributed by atoms with Crippen molar-refractivity contribution in [2.75, 3.05) is 31.1 Å². The largest absolute Gasteiger partial charge is 0.495 e. The van der Waals surface area contributed by atoms with Gasteiger partial charge in [0.1, 0.15) is 11.5 Å². The number of aryl methyl sites for hydroxylation is 1. The zero-order chi connectivity index (χ0) is 26.5. The third kappa shape index (κ3) is 5.07. The standard InChI is InChI=1S/C34H32N2O2/c1-25-15-19-30(20-16-25)36(29-13-9-6-10-14-29)32-22-18-27(24-34(32)38-4)26-17-21-31(33(23-26)37-3)35(2)28-11-7-5-8-12-28/h5-24H,1-4H3. The summed E-state index contributed by atoms with van der Waals surface area (Å²) in [6.45, 7) is 2.10. The van der Waals surface area contributed by atoms with Crippen LogP contribution in [0, 0.1) is 6.92 Å². The van der Waals surface area contributed by atoms with E-state index in [0.29, 0.717) is 0 Å². The molecular weight excluding hydrogens is 468 g/mol. The van der Waals surface area contributed by atoms with Crippen LogP contribution in [0.15, 0.2) is 121 Å². The van der Waals surface area contributed by atoms with Crippen molar-refractivity contribution in [3.8, 4) is 22.6 Å². The van der Waals surface area contributed by atoms with Gasteiger partial charge in [0.25, 0.3) is 0 Å². The number of hydrogen-bond acceptors (Lipinski definition) is 4. The molecule has 0 aliphatic heterocycles. The molecular formula is C34H32N2O2. The first kappa shape index (κ1) is 25.0. The average Bonchev–Trinajstić information content (AvgIpc) is 2.98. The number of ether oxygens (including phenoxy) is 2. The summed E-state index contributed by atoms with van der Waals surface area (Å²) in [5, 5.41) is 0. The molecule has 0 bridgehead atoms. The first-order chi connectivity index (χ1) is 18.6. The van der Waals surface area contributed by atoms with Gasteiger partial charge < -0.3 is 19.3 Å². The lowest BCUT2D eigenvalue weighted by atomic mass is 10.0. The second-order valence-electron chi connectivity index (χ2n) is 9.17. The van der Waals surface area contributed by atoms with Crippen LogP contribution in [-0.2, 0) is 0 Å². The predicted molar refractivity (Wildman–Crippen MR) is 159 cm³/mol. The van der Waals surface area contributed by atoms with Crippen LogP contribution in [-0.4, -0.2) is 21.3 Å². The van der Waals surface area contributed by atoms with Crippen molar-refractivity contribution in [1.82, 2.24) is 0 Å². The van der Waals surface area contributed by atoms with Crippen LogP contribution >= 0.6 is 0 Å². The fraction of sp³-hybridized carbons (Fsp3) is 0.118. The van der Waals surface area contributed by atoms with Gasteiger partial charge in [-0.2, -0.15) is 0 Å². The average molecular weight is 501 g/mol. The predicted octanol–water partition coefficient (Wildman–Crippen LogP) is 8.92. The molecule has 0 N–H and O–H groups in total. The van der Waals surface area contributed by atoms with Crippen LogP contribution in [0.3, 0.4) is 0 Å².